The van der Waals surface area contributed by atoms with Crippen LogP contribution in [-0.4, -0.2) is 12.6 Å². The fraction of sp³-hybridized carbons (Fsp3) is 0.421. The molecule has 0 saturated carbocycles. The van der Waals surface area contributed by atoms with Crippen molar-refractivity contribution < 1.29 is 4.79 Å². The molecule has 2 N–H and O–H groups in total. The molecule has 1 rings (SSSR count). The van der Waals surface area contributed by atoms with Gasteiger partial charge in [-0.2, -0.15) is 0 Å². The smallest absolute Gasteiger partial charge is 0.315 e. The predicted molar refractivity (Wildman–Crippen MR) is 96.0 cm³/mol. The molecule has 0 aliphatic rings. The second-order valence-electron chi connectivity index (χ2n) is 5.00. The van der Waals surface area contributed by atoms with E-state index in [-0.39, 0.29) is 6.03 Å². The number of amides is 2. The summed E-state index contributed by atoms with van der Waals surface area (Å²) in [5, 5.41) is 5.64. The van der Waals surface area contributed by atoms with E-state index in [4.69, 9.17) is 0 Å². The maximum absolute atomic E-state index is 11.3. The van der Waals surface area contributed by atoms with Crippen LogP contribution in [0.2, 0.25) is 0 Å². The van der Waals surface area contributed by atoms with E-state index in [0.717, 1.165) is 24.9 Å². The Balaban J connectivity index is 0.000000626. The van der Waals surface area contributed by atoms with Crippen molar-refractivity contribution in [3.05, 3.63) is 59.7 Å². The van der Waals surface area contributed by atoms with E-state index in [2.05, 4.69) is 24.5 Å². The van der Waals surface area contributed by atoms with Crippen molar-refractivity contribution in [2.45, 2.75) is 47.1 Å². The molecule has 0 unspecified atom stereocenters. The molecule has 0 fully saturated rings. The average molecular weight is 302 g/mol. The molecular weight excluding hydrogens is 272 g/mol. The Morgan fingerprint density at radius 2 is 1.64 bits per heavy atom. The number of hydrogen-bond donors (Lipinski definition) is 2. The number of nitrogens with one attached hydrogen (secondary N) is 2. The van der Waals surface area contributed by atoms with Gasteiger partial charge in [0.15, 0.2) is 0 Å². The molecule has 0 atom stereocenters. The second-order valence-corrected chi connectivity index (χ2v) is 5.00. The molecule has 0 radical (unpaired) electrons. The highest BCUT2D eigenvalue weighted by Gasteiger charge is 1.98. The molecule has 0 spiro atoms. The Bertz CT molecular complexity index is 437. The number of rotatable bonds is 6. The van der Waals surface area contributed by atoms with Gasteiger partial charge >= 0.3 is 6.03 Å². The molecule has 1 aromatic carbocycles. The van der Waals surface area contributed by atoms with Crippen LogP contribution in [0.1, 0.15) is 44.7 Å². The average Bonchev–Trinajstić information content (AvgIpc) is 2.53. The van der Waals surface area contributed by atoms with Crippen LogP contribution in [0.3, 0.4) is 0 Å². The van der Waals surface area contributed by atoms with Crippen LogP contribution in [-0.2, 0) is 6.54 Å². The SMILES string of the molecule is C/C=C/C=C/C.CCCCNC(=O)NCc1ccc(C)cc1. The molecule has 3 heteroatoms. The maximum atomic E-state index is 11.3. The zero-order chi connectivity index (χ0) is 16.6. The van der Waals surface area contributed by atoms with Gasteiger partial charge < -0.3 is 10.6 Å². The topological polar surface area (TPSA) is 41.1 Å². The second kappa shape index (κ2) is 13.9. The molecular formula is C19H30N2O. The van der Waals surface area contributed by atoms with Crippen molar-refractivity contribution in [3.8, 4) is 0 Å². The highest BCUT2D eigenvalue weighted by atomic mass is 16.2. The minimum atomic E-state index is -0.0889. The van der Waals surface area contributed by atoms with E-state index < -0.39 is 0 Å². The first-order valence-electron chi connectivity index (χ1n) is 7.95. The Labute approximate surface area is 135 Å². The summed E-state index contributed by atoms with van der Waals surface area (Å²) in [5.74, 6) is 0. The van der Waals surface area contributed by atoms with Gasteiger partial charge in [0, 0.05) is 13.1 Å². The summed E-state index contributed by atoms with van der Waals surface area (Å²) in [6.45, 7) is 9.48. The molecule has 22 heavy (non-hydrogen) atoms. The van der Waals surface area contributed by atoms with E-state index in [9.17, 15) is 4.79 Å². The summed E-state index contributed by atoms with van der Waals surface area (Å²) in [6.07, 6.45) is 10.1. The van der Waals surface area contributed by atoms with E-state index in [1.54, 1.807) is 0 Å². The van der Waals surface area contributed by atoms with Crippen molar-refractivity contribution in [1.29, 1.82) is 0 Å². The minimum Gasteiger partial charge on any atom is -0.338 e. The van der Waals surface area contributed by atoms with Crippen molar-refractivity contribution in [3.63, 3.8) is 0 Å². The van der Waals surface area contributed by atoms with Gasteiger partial charge in [0.25, 0.3) is 0 Å². The van der Waals surface area contributed by atoms with Gasteiger partial charge in [0.05, 0.1) is 0 Å². The number of hydrogen-bond acceptors (Lipinski definition) is 1. The molecule has 3 nitrogen and oxygen atoms in total. The molecule has 122 valence electrons. The first-order chi connectivity index (χ1) is 10.6. The third kappa shape index (κ3) is 11.8. The highest BCUT2D eigenvalue weighted by Crippen LogP contribution is 2.02. The fourth-order valence-electron chi connectivity index (χ4n) is 1.55. The molecule has 0 aliphatic carbocycles. The van der Waals surface area contributed by atoms with Crippen LogP contribution in [0.5, 0.6) is 0 Å². The van der Waals surface area contributed by atoms with Gasteiger partial charge in [0.1, 0.15) is 0 Å². The molecule has 0 saturated heterocycles. The van der Waals surface area contributed by atoms with Crippen molar-refractivity contribution in [2.75, 3.05) is 6.54 Å². The van der Waals surface area contributed by atoms with E-state index in [0.29, 0.717) is 6.54 Å². The Morgan fingerprint density at radius 1 is 1.05 bits per heavy atom. The lowest BCUT2D eigenvalue weighted by molar-refractivity contribution is 0.240. The minimum absolute atomic E-state index is 0.0889. The van der Waals surface area contributed by atoms with Crippen molar-refractivity contribution in [2.24, 2.45) is 0 Å². The fourth-order valence-corrected chi connectivity index (χ4v) is 1.55. The standard InChI is InChI=1S/C13H20N2O.C6H10/c1-3-4-9-14-13(16)15-10-12-7-5-11(2)6-8-12;1-3-5-6-4-2/h5-8H,3-4,9-10H2,1-2H3,(H2,14,15,16);3-6H,1-2H3/b;5-3+,6-4+. The number of unbranched alkanes of at least 4 members (excludes halogenated alkanes) is 1. The first kappa shape index (κ1) is 20.0. The van der Waals surface area contributed by atoms with Crippen LogP contribution in [0, 0.1) is 6.92 Å². The Morgan fingerprint density at radius 3 is 2.14 bits per heavy atom. The lowest BCUT2D eigenvalue weighted by atomic mass is 10.1. The van der Waals surface area contributed by atoms with Crippen LogP contribution in [0.15, 0.2) is 48.6 Å². The number of urea groups is 1. The van der Waals surface area contributed by atoms with Gasteiger partial charge in [-0.3, -0.25) is 0 Å². The molecule has 0 aromatic heterocycles. The number of allylic oxidation sites excluding steroid dienone is 4. The van der Waals surface area contributed by atoms with Crippen LogP contribution >= 0.6 is 0 Å². The van der Waals surface area contributed by atoms with Gasteiger partial charge in [-0.05, 0) is 32.8 Å². The number of carbonyl (C=O) groups excluding carboxylic acids is 1. The molecule has 1 aromatic rings. The van der Waals surface area contributed by atoms with Gasteiger partial charge in [0.2, 0.25) is 0 Å². The van der Waals surface area contributed by atoms with Gasteiger partial charge in [-0.1, -0.05) is 67.5 Å². The summed E-state index contributed by atoms with van der Waals surface area (Å²) in [7, 11) is 0. The van der Waals surface area contributed by atoms with Crippen molar-refractivity contribution in [1.82, 2.24) is 10.6 Å². The van der Waals surface area contributed by atoms with Crippen LogP contribution in [0.4, 0.5) is 4.79 Å². The van der Waals surface area contributed by atoms with Crippen LogP contribution < -0.4 is 10.6 Å². The van der Waals surface area contributed by atoms with Crippen molar-refractivity contribution >= 4 is 6.03 Å². The largest absolute Gasteiger partial charge is 0.338 e. The van der Waals surface area contributed by atoms with E-state index >= 15 is 0 Å². The molecule has 0 bridgehead atoms. The third-order valence-corrected chi connectivity index (χ3v) is 2.89. The van der Waals surface area contributed by atoms with Crippen LogP contribution in [0.25, 0.3) is 0 Å². The summed E-state index contributed by atoms with van der Waals surface area (Å²) in [4.78, 5) is 11.3. The van der Waals surface area contributed by atoms with E-state index in [1.807, 2.05) is 62.4 Å². The van der Waals surface area contributed by atoms with Gasteiger partial charge in [-0.15, -0.1) is 0 Å². The number of carbonyl (C=O) groups is 1. The van der Waals surface area contributed by atoms with Gasteiger partial charge in [-0.25, -0.2) is 4.79 Å². The number of benzene rings is 1. The predicted octanol–water partition coefficient (Wildman–Crippen LogP) is 4.73. The highest BCUT2D eigenvalue weighted by molar-refractivity contribution is 5.73. The third-order valence-electron chi connectivity index (χ3n) is 2.89. The normalized spacial score (nSPS) is 10.4. The quantitative estimate of drug-likeness (QED) is 0.578. The van der Waals surface area contributed by atoms with E-state index in [1.165, 1.54) is 5.56 Å². The zero-order valence-electron chi connectivity index (χ0n) is 14.4. The summed E-state index contributed by atoms with van der Waals surface area (Å²) in [5.41, 5.74) is 2.35. The summed E-state index contributed by atoms with van der Waals surface area (Å²) < 4.78 is 0. The number of aryl methyl sites for hydroxylation is 1. The lowest BCUT2D eigenvalue weighted by Crippen LogP contribution is -2.35. The lowest BCUT2D eigenvalue weighted by Gasteiger charge is -2.07. The first-order valence-corrected chi connectivity index (χ1v) is 7.95. The Hall–Kier alpha value is -2.03. The molecule has 0 aliphatic heterocycles. The zero-order valence-corrected chi connectivity index (χ0v) is 14.4. The summed E-state index contributed by atoms with van der Waals surface area (Å²) in [6, 6.07) is 8.07. The molecule has 0 heterocycles. The Kier molecular flexibility index (Phi) is 12.6. The summed E-state index contributed by atoms with van der Waals surface area (Å²) >= 11 is 0. The molecule has 2 amide bonds. The monoisotopic (exact) mass is 302 g/mol. The maximum Gasteiger partial charge on any atom is 0.315 e.